The van der Waals surface area contributed by atoms with Crippen molar-refractivity contribution in [3.05, 3.63) is 24.2 Å². The number of allylic oxidation sites excluding steroid dienone is 3. The third kappa shape index (κ3) is 2.30. The van der Waals surface area contributed by atoms with Crippen LogP contribution in [0.3, 0.4) is 0 Å². The minimum atomic E-state index is -0.341. The number of unbranched alkanes of at least 4 members (excludes halogenated alkanes) is 1. The summed E-state index contributed by atoms with van der Waals surface area (Å²) in [7, 11) is 0. The molecule has 0 aromatic heterocycles. The predicted molar refractivity (Wildman–Crippen MR) is 58.0 cm³/mol. The molecule has 1 unspecified atom stereocenters. The molecule has 0 saturated heterocycles. The zero-order valence-corrected chi connectivity index (χ0v) is 8.78. The lowest BCUT2D eigenvalue weighted by atomic mass is 9.58. The summed E-state index contributed by atoms with van der Waals surface area (Å²) in [5.74, 6) is 1.95. The molecule has 0 bridgehead atoms. The first-order valence-electron chi connectivity index (χ1n) is 4.38. The summed E-state index contributed by atoms with van der Waals surface area (Å²) in [5.41, 5.74) is 0. The van der Waals surface area contributed by atoms with E-state index in [9.17, 15) is 0 Å². The number of rotatable bonds is 3. The summed E-state index contributed by atoms with van der Waals surface area (Å²) in [6, 6.07) is 0. The van der Waals surface area contributed by atoms with Crippen molar-refractivity contribution in [1.82, 2.24) is 0 Å². The lowest BCUT2D eigenvalue weighted by molar-refractivity contribution is 0.698. The van der Waals surface area contributed by atoms with Gasteiger partial charge >= 0.3 is 6.13 Å². The highest BCUT2D eigenvalue weighted by Crippen LogP contribution is 2.32. The molecule has 66 valence electrons. The summed E-state index contributed by atoms with van der Waals surface area (Å²) in [6.45, 7) is 2.16. The average Bonchev–Trinajstić information content (AvgIpc) is 2.07. The number of hydrogen-bond donors (Lipinski definition) is 0. The Kier molecular flexibility index (Phi) is 3.73. The van der Waals surface area contributed by atoms with Crippen LogP contribution < -0.4 is 0 Å². The predicted octanol–water partition coefficient (Wildman–Crippen LogP) is 3.59. The van der Waals surface area contributed by atoms with Gasteiger partial charge in [0.25, 0.3) is 0 Å². The molecule has 0 nitrogen and oxygen atoms in total. The molecule has 0 aromatic rings. The molecular formula is C9H13BCl2. The lowest BCUT2D eigenvalue weighted by Gasteiger charge is -2.26. The summed E-state index contributed by atoms with van der Waals surface area (Å²) in [6.07, 6.45) is 9.12. The van der Waals surface area contributed by atoms with Crippen molar-refractivity contribution in [2.75, 3.05) is 0 Å². The minimum Gasteiger partial charge on any atom is -0.187 e. The van der Waals surface area contributed by atoms with E-state index in [4.69, 9.17) is 23.1 Å². The molecule has 0 aromatic carbocycles. The molecule has 1 aliphatic heterocycles. The molecule has 1 atom stereocenters. The number of halogens is 2. The smallest absolute Gasteiger partial charge is 0.187 e. The van der Waals surface area contributed by atoms with E-state index >= 15 is 0 Å². The van der Waals surface area contributed by atoms with E-state index in [1.807, 2.05) is 24.2 Å². The first-order chi connectivity index (χ1) is 5.69. The maximum atomic E-state index is 6.33. The lowest BCUT2D eigenvalue weighted by Crippen LogP contribution is -2.35. The maximum absolute atomic E-state index is 6.33. The Bertz CT molecular complexity index is 201. The van der Waals surface area contributed by atoms with Crippen LogP contribution in [-0.2, 0) is 0 Å². The molecule has 0 radical (unpaired) electrons. The fraction of sp³-hybridized carbons (Fsp3) is 0.556. The summed E-state index contributed by atoms with van der Waals surface area (Å²) in [4.78, 5) is 0. The highest BCUT2D eigenvalue weighted by atomic mass is 35.5. The maximum Gasteiger partial charge on any atom is 0.300 e. The highest BCUT2D eigenvalue weighted by Gasteiger charge is 2.35. The highest BCUT2D eigenvalue weighted by molar-refractivity contribution is 7.14. The molecule has 0 amide bonds. The van der Waals surface area contributed by atoms with Gasteiger partial charge in [0.1, 0.15) is 0 Å². The first-order valence-corrected chi connectivity index (χ1v) is 5.19. The monoisotopic (exact) mass is 202 g/mol. The molecule has 0 N–H and O–H groups in total. The fourth-order valence-electron chi connectivity index (χ4n) is 1.30. The van der Waals surface area contributed by atoms with Crippen LogP contribution in [0.25, 0.3) is 0 Å². The van der Waals surface area contributed by atoms with Gasteiger partial charge in [0.05, 0.1) is 4.77 Å². The molecule has 12 heavy (non-hydrogen) atoms. The van der Waals surface area contributed by atoms with E-state index in [1.54, 1.807) is 0 Å². The second-order valence-corrected chi connectivity index (χ2v) is 4.35. The Balaban J connectivity index is 2.57. The van der Waals surface area contributed by atoms with Gasteiger partial charge in [-0.2, -0.15) is 11.5 Å². The topological polar surface area (TPSA) is 0 Å². The summed E-state index contributed by atoms with van der Waals surface area (Å²) >= 11 is 12.4. The molecule has 0 aliphatic carbocycles. The number of hydrogen-bond acceptors (Lipinski definition) is 0. The van der Waals surface area contributed by atoms with Crippen molar-refractivity contribution in [1.29, 1.82) is 0 Å². The normalized spacial score (nSPS) is 28.1. The van der Waals surface area contributed by atoms with Crippen molar-refractivity contribution in [3.8, 4) is 0 Å². The van der Waals surface area contributed by atoms with Crippen molar-refractivity contribution >= 4 is 29.2 Å². The van der Waals surface area contributed by atoms with Crippen molar-refractivity contribution in [3.63, 3.8) is 0 Å². The van der Waals surface area contributed by atoms with Crippen LogP contribution in [-0.4, -0.2) is 10.9 Å². The van der Waals surface area contributed by atoms with Crippen LogP contribution in [0.4, 0.5) is 0 Å². The van der Waals surface area contributed by atoms with Gasteiger partial charge in [-0.3, -0.25) is 0 Å². The molecule has 0 saturated carbocycles. The Morgan fingerprint density at radius 1 is 1.42 bits per heavy atom. The molecule has 3 heteroatoms. The molecule has 0 fully saturated rings. The van der Waals surface area contributed by atoms with E-state index in [0.717, 1.165) is 19.3 Å². The van der Waals surface area contributed by atoms with Gasteiger partial charge in [0, 0.05) is 0 Å². The summed E-state index contributed by atoms with van der Waals surface area (Å²) in [5, 5.41) is 0. The van der Waals surface area contributed by atoms with Crippen LogP contribution >= 0.6 is 23.1 Å². The first kappa shape index (κ1) is 10.2. The second-order valence-electron chi connectivity index (χ2n) is 3.18. The van der Waals surface area contributed by atoms with Gasteiger partial charge in [-0.05, 0) is 6.42 Å². The van der Waals surface area contributed by atoms with E-state index in [2.05, 4.69) is 6.92 Å². The van der Waals surface area contributed by atoms with E-state index in [1.165, 1.54) is 0 Å². The van der Waals surface area contributed by atoms with E-state index < -0.39 is 0 Å². The van der Waals surface area contributed by atoms with Crippen LogP contribution in [0.5, 0.6) is 0 Å². The van der Waals surface area contributed by atoms with E-state index in [-0.39, 0.29) is 10.9 Å². The van der Waals surface area contributed by atoms with Gasteiger partial charge in [-0.15, -0.1) is 11.6 Å². The number of alkyl halides is 1. The minimum absolute atomic E-state index is 0.0595. The van der Waals surface area contributed by atoms with Gasteiger partial charge in [-0.25, -0.2) is 0 Å². The van der Waals surface area contributed by atoms with Gasteiger partial charge in [-0.1, -0.05) is 44.0 Å². The molecule has 1 heterocycles. The van der Waals surface area contributed by atoms with Crippen LogP contribution in [0.15, 0.2) is 24.2 Å². The zero-order chi connectivity index (χ0) is 9.03. The van der Waals surface area contributed by atoms with Crippen molar-refractivity contribution < 1.29 is 0 Å². The van der Waals surface area contributed by atoms with Gasteiger partial charge in [0.15, 0.2) is 0 Å². The third-order valence-corrected chi connectivity index (χ3v) is 3.33. The zero-order valence-electron chi connectivity index (χ0n) is 7.26. The van der Waals surface area contributed by atoms with E-state index in [0.29, 0.717) is 0 Å². The summed E-state index contributed by atoms with van der Waals surface area (Å²) < 4.78 is -0.341. The third-order valence-electron chi connectivity index (χ3n) is 2.14. The molecule has 1 aliphatic rings. The van der Waals surface area contributed by atoms with Crippen LogP contribution in [0.2, 0.25) is 0 Å². The Morgan fingerprint density at radius 2 is 2.17 bits per heavy atom. The molecule has 0 spiro atoms. The average molecular weight is 203 g/mol. The standard InChI is InChI=1S/C9H13BCl2/c1-2-3-6-9(11)7-4-5-8-10(9)12/h4-5,7-8H,2-3,6H2,1H3. The van der Waals surface area contributed by atoms with Gasteiger partial charge < -0.3 is 0 Å². The van der Waals surface area contributed by atoms with Crippen molar-refractivity contribution in [2.45, 2.75) is 31.0 Å². The van der Waals surface area contributed by atoms with Gasteiger partial charge in [0.2, 0.25) is 0 Å². The SMILES string of the molecule is CCCCC1(Cl)C=CC=CB1Cl. The molecule has 1 rings (SSSR count). The Labute approximate surface area is 84.6 Å². The van der Waals surface area contributed by atoms with Crippen LogP contribution in [0.1, 0.15) is 26.2 Å². The molecular weight excluding hydrogens is 190 g/mol. The fourth-order valence-corrected chi connectivity index (χ4v) is 1.84. The van der Waals surface area contributed by atoms with Crippen LogP contribution in [0, 0.1) is 0 Å². The quantitative estimate of drug-likeness (QED) is 0.485. The second kappa shape index (κ2) is 4.39. The largest absolute Gasteiger partial charge is 0.300 e. The Morgan fingerprint density at radius 3 is 2.75 bits per heavy atom. The Hall–Kier alpha value is 0.125. The van der Waals surface area contributed by atoms with Crippen molar-refractivity contribution in [2.24, 2.45) is 0 Å².